The molecule has 0 atom stereocenters. The third-order valence-corrected chi connectivity index (χ3v) is 3.97. The van der Waals surface area contributed by atoms with Gasteiger partial charge in [0.1, 0.15) is 5.82 Å². The van der Waals surface area contributed by atoms with Gasteiger partial charge in [0.2, 0.25) is 0 Å². The summed E-state index contributed by atoms with van der Waals surface area (Å²) in [7, 11) is 0. The van der Waals surface area contributed by atoms with E-state index in [1.807, 2.05) is 32.0 Å². The lowest BCUT2D eigenvalue weighted by Gasteiger charge is -2.06. The molecule has 8 nitrogen and oxygen atoms in total. The molecule has 3 aromatic rings. The number of anilines is 1. The second kappa shape index (κ2) is 6.94. The first-order chi connectivity index (χ1) is 12.8. The van der Waals surface area contributed by atoms with Crippen LogP contribution >= 0.6 is 0 Å². The van der Waals surface area contributed by atoms with E-state index in [-0.39, 0.29) is 17.1 Å². The van der Waals surface area contributed by atoms with E-state index in [1.54, 1.807) is 6.92 Å². The fourth-order valence-electron chi connectivity index (χ4n) is 2.63. The van der Waals surface area contributed by atoms with Crippen molar-refractivity contribution in [3.63, 3.8) is 0 Å². The minimum absolute atomic E-state index is 0.000816. The van der Waals surface area contributed by atoms with E-state index in [0.717, 1.165) is 29.3 Å². The Balaban J connectivity index is 1.91. The van der Waals surface area contributed by atoms with Crippen molar-refractivity contribution >= 4 is 17.3 Å². The number of non-ortho nitro benzene ring substituents is 1. The molecule has 0 aliphatic heterocycles. The van der Waals surface area contributed by atoms with Crippen molar-refractivity contribution in [3.8, 4) is 5.69 Å². The van der Waals surface area contributed by atoms with Gasteiger partial charge in [0.05, 0.1) is 22.0 Å². The fraction of sp³-hybridized carbons (Fsp3) is 0.167. The van der Waals surface area contributed by atoms with E-state index >= 15 is 0 Å². The zero-order valence-corrected chi connectivity index (χ0v) is 14.9. The summed E-state index contributed by atoms with van der Waals surface area (Å²) in [5.41, 5.74) is 2.45. The predicted molar refractivity (Wildman–Crippen MR) is 96.6 cm³/mol. The van der Waals surface area contributed by atoms with Crippen LogP contribution in [0.2, 0.25) is 0 Å². The first kappa shape index (κ1) is 18.2. The summed E-state index contributed by atoms with van der Waals surface area (Å²) in [5, 5.41) is 21.6. The highest BCUT2D eigenvalue weighted by Gasteiger charge is 2.20. The fourth-order valence-corrected chi connectivity index (χ4v) is 2.63. The summed E-state index contributed by atoms with van der Waals surface area (Å²) >= 11 is 0. The van der Waals surface area contributed by atoms with Crippen LogP contribution in [0, 0.1) is 36.7 Å². The average molecular weight is 369 g/mol. The van der Waals surface area contributed by atoms with E-state index in [4.69, 9.17) is 0 Å². The van der Waals surface area contributed by atoms with Crippen LogP contribution in [0.1, 0.15) is 27.3 Å². The van der Waals surface area contributed by atoms with Gasteiger partial charge in [0.15, 0.2) is 5.69 Å². The Hall–Kier alpha value is -3.62. The van der Waals surface area contributed by atoms with E-state index in [9.17, 15) is 19.3 Å². The van der Waals surface area contributed by atoms with E-state index < -0.39 is 16.6 Å². The number of hydrogen-bond donors (Lipinski definition) is 1. The molecule has 0 spiro atoms. The number of benzene rings is 2. The maximum Gasteiger partial charge on any atom is 0.278 e. The maximum atomic E-state index is 13.9. The number of carbonyl (C=O) groups is 1. The number of nitrogens with zero attached hydrogens (tertiary/aromatic N) is 4. The van der Waals surface area contributed by atoms with Crippen molar-refractivity contribution in [1.82, 2.24) is 15.0 Å². The number of aromatic nitrogens is 3. The van der Waals surface area contributed by atoms with Crippen LogP contribution in [0.15, 0.2) is 36.4 Å². The molecule has 0 aliphatic carbocycles. The third-order valence-electron chi connectivity index (χ3n) is 3.97. The standard InChI is InChI=1S/C18H16FN5O3/c1-10-4-7-16(11(2)8-10)23-21-12(3)17(22-23)18(25)20-15-9-13(24(26)27)5-6-14(15)19/h4-9H,1-3H3,(H,20,25). The molecule has 0 bridgehead atoms. The summed E-state index contributed by atoms with van der Waals surface area (Å²) in [4.78, 5) is 24.0. The smallest absolute Gasteiger partial charge is 0.278 e. The van der Waals surface area contributed by atoms with Gasteiger partial charge in [-0.05, 0) is 38.5 Å². The van der Waals surface area contributed by atoms with Crippen molar-refractivity contribution in [2.24, 2.45) is 0 Å². The quantitative estimate of drug-likeness (QED) is 0.560. The number of hydrogen-bond acceptors (Lipinski definition) is 5. The van der Waals surface area contributed by atoms with Crippen molar-refractivity contribution < 1.29 is 14.1 Å². The van der Waals surface area contributed by atoms with Gasteiger partial charge in [0.25, 0.3) is 11.6 Å². The Morgan fingerprint density at radius 2 is 1.89 bits per heavy atom. The Morgan fingerprint density at radius 1 is 1.15 bits per heavy atom. The first-order valence-electron chi connectivity index (χ1n) is 8.03. The molecule has 1 amide bonds. The molecule has 0 saturated heterocycles. The normalized spacial score (nSPS) is 10.7. The van der Waals surface area contributed by atoms with Crippen LogP contribution in [0.3, 0.4) is 0 Å². The molecule has 1 aromatic heterocycles. The summed E-state index contributed by atoms with van der Waals surface area (Å²) in [6.07, 6.45) is 0. The molecule has 0 saturated carbocycles. The second-order valence-corrected chi connectivity index (χ2v) is 6.09. The number of amides is 1. The zero-order chi connectivity index (χ0) is 19.7. The number of halogens is 1. The molecule has 1 N–H and O–H groups in total. The molecule has 9 heteroatoms. The van der Waals surface area contributed by atoms with Gasteiger partial charge in [0, 0.05) is 12.1 Å². The number of nitro benzene ring substituents is 1. The Kier molecular flexibility index (Phi) is 4.68. The summed E-state index contributed by atoms with van der Waals surface area (Å²) < 4.78 is 13.9. The van der Waals surface area contributed by atoms with E-state index in [1.165, 1.54) is 4.80 Å². The summed E-state index contributed by atoms with van der Waals surface area (Å²) in [6, 6.07) is 8.61. The molecule has 0 fully saturated rings. The van der Waals surface area contributed by atoms with Gasteiger partial charge in [-0.2, -0.15) is 9.90 Å². The van der Waals surface area contributed by atoms with Crippen LogP contribution in [0.5, 0.6) is 0 Å². The van der Waals surface area contributed by atoms with Gasteiger partial charge in [-0.3, -0.25) is 14.9 Å². The molecule has 1 heterocycles. The van der Waals surface area contributed by atoms with Gasteiger partial charge in [-0.25, -0.2) is 4.39 Å². The number of carbonyl (C=O) groups excluding carboxylic acids is 1. The lowest BCUT2D eigenvalue weighted by Crippen LogP contribution is -2.15. The van der Waals surface area contributed by atoms with Crippen LogP contribution in [0.25, 0.3) is 5.69 Å². The third kappa shape index (κ3) is 3.66. The second-order valence-electron chi connectivity index (χ2n) is 6.09. The van der Waals surface area contributed by atoms with Crippen molar-refractivity contribution in [2.45, 2.75) is 20.8 Å². The van der Waals surface area contributed by atoms with E-state index in [2.05, 4.69) is 15.5 Å². The molecular formula is C18H16FN5O3. The lowest BCUT2D eigenvalue weighted by atomic mass is 10.1. The number of nitro groups is 1. The Bertz CT molecular complexity index is 1060. The Labute approximate surface area is 153 Å². The minimum Gasteiger partial charge on any atom is -0.318 e. The first-order valence-corrected chi connectivity index (χ1v) is 8.03. The number of nitrogens with one attached hydrogen (secondary N) is 1. The SMILES string of the molecule is Cc1ccc(-n2nc(C)c(C(=O)Nc3cc([N+](=O)[O-])ccc3F)n2)c(C)c1. The Morgan fingerprint density at radius 3 is 2.56 bits per heavy atom. The molecule has 3 rings (SSSR count). The zero-order valence-electron chi connectivity index (χ0n) is 14.9. The highest BCUT2D eigenvalue weighted by molar-refractivity contribution is 6.03. The molecule has 0 radical (unpaired) electrons. The number of rotatable bonds is 4. The van der Waals surface area contributed by atoms with Crippen LogP contribution in [0.4, 0.5) is 15.8 Å². The van der Waals surface area contributed by atoms with Crippen LogP contribution in [-0.4, -0.2) is 25.8 Å². The molecule has 27 heavy (non-hydrogen) atoms. The topological polar surface area (TPSA) is 103 Å². The van der Waals surface area contributed by atoms with E-state index in [0.29, 0.717) is 11.4 Å². The van der Waals surface area contributed by atoms with Crippen molar-refractivity contribution in [2.75, 3.05) is 5.32 Å². The van der Waals surface area contributed by atoms with Crippen molar-refractivity contribution in [1.29, 1.82) is 0 Å². The molecule has 138 valence electrons. The molecule has 0 aliphatic rings. The maximum absolute atomic E-state index is 13.9. The minimum atomic E-state index is -0.784. The van der Waals surface area contributed by atoms with Crippen LogP contribution in [-0.2, 0) is 0 Å². The largest absolute Gasteiger partial charge is 0.318 e. The monoisotopic (exact) mass is 369 g/mol. The average Bonchev–Trinajstić information content (AvgIpc) is 2.98. The molecule has 0 unspecified atom stereocenters. The lowest BCUT2D eigenvalue weighted by molar-refractivity contribution is -0.384. The predicted octanol–water partition coefficient (Wildman–Crippen LogP) is 3.49. The van der Waals surface area contributed by atoms with Gasteiger partial charge in [-0.1, -0.05) is 17.7 Å². The van der Waals surface area contributed by atoms with Crippen molar-refractivity contribution in [3.05, 3.63) is 74.8 Å². The van der Waals surface area contributed by atoms with Gasteiger partial charge in [-0.15, -0.1) is 5.10 Å². The highest BCUT2D eigenvalue weighted by atomic mass is 19.1. The molecular weight excluding hydrogens is 353 g/mol. The highest BCUT2D eigenvalue weighted by Crippen LogP contribution is 2.22. The van der Waals surface area contributed by atoms with Gasteiger partial charge < -0.3 is 5.32 Å². The van der Waals surface area contributed by atoms with Gasteiger partial charge >= 0.3 is 0 Å². The number of aryl methyl sites for hydroxylation is 3. The summed E-state index contributed by atoms with van der Waals surface area (Å²) in [6.45, 7) is 5.47. The van der Waals surface area contributed by atoms with Crippen LogP contribution < -0.4 is 5.32 Å². The molecule has 2 aromatic carbocycles. The summed E-state index contributed by atoms with van der Waals surface area (Å²) in [5.74, 6) is -1.49.